The Morgan fingerprint density at radius 1 is 1.14 bits per heavy atom. The van der Waals surface area contributed by atoms with Crippen LogP contribution in [0.1, 0.15) is 46.1 Å². The van der Waals surface area contributed by atoms with Gasteiger partial charge in [-0.15, -0.1) is 0 Å². The predicted molar refractivity (Wildman–Crippen MR) is 89.2 cm³/mol. The predicted octanol–water partition coefficient (Wildman–Crippen LogP) is 3.86. The molecule has 0 radical (unpaired) electrons. The van der Waals surface area contributed by atoms with Crippen LogP contribution in [0.25, 0.3) is 0 Å². The molecule has 0 saturated carbocycles. The molecule has 0 fully saturated rings. The van der Waals surface area contributed by atoms with Gasteiger partial charge in [0.2, 0.25) is 0 Å². The molecule has 0 amide bonds. The van der Waals surface area contributed by atoms with Crippen LogP contribution < -0.4 is 5.32 Å². The van der Waals surface area contributed by atoms with Crippen LogP contribution in [0.5, 0.6) is 0 Å². The van der Waals surface area contributed by atoms with Crippen molar-refractivity contribution in [2.45, 2.75) is 58.5 Å². The average Bonchev–Trinajstić information content (AvgIpc) is 2.51. The van der Waals surface area contributed by atoms with Crippen molar-refractivity contribution < 1.29 is 4.39 Å². The van der Waals surface area contributed by atoms with Gasteiger partial charge >= 0.3 is 0 Å². The Labute approximate surface area is 129 Å². The fraction of sp³-hybridized carbons (Fsp3) is 0.667. The maximum Gasteiger partial charge on any atom is 0.123 e. The van der Waals surface area contributed by atoms with Crippen molar-refractivity contribution in [1.82, 2.24) is 10.2 Å². The van der Waals surface area contributed by atoms with Gasteiger partial charge in [0.05, 0.1) is 0 Å². The molecule has 120 valence electrons. The largest absolute Gasteiger partial charge is 0.315 e. The van der Waals surface area contributed by atoms with Gasteiger partial charge in [0, 0.05) is 11.6 Å². The van der Waals surface area contributed by atoms with Gasteiger partial charge in [-0.1, -0.05) is 39.8 Å². The molecule has 1 aromatic carbocycles. The minimum Gasteiger partial charge on any atom is -0.315 e. The lowest BCUT2D eigenvalue weighted by Gasteiger charge is -2.48. The van der Waals surface area contributed by atoms with E-state index in [1.165, 1.54) is 6.07 Å². The molecule has 0 aromatic heterocycles. The first-order valence-electron chi connectivity index (χ1n) is 8.24. The minimum atomic E-state index is -0.149. The molecule has 21 heavy (non-hydrogen) atoms. The number of hydrogen-bond donors (Lipinski definition) is 1. The molecule has 1 unspecified atom stereocenters. The highest BCUT2D eigenvalue weighted by molar-refractivity contribution is 5.19. The molecule has 0 saturated heterocycles. The van der Waals surface area contributed by atoms with E-state index in [9.17, 15) is 4.39 Å². The maximum absolute atomic E-state index is 13.4. The van der Waals surface area contributed by atoms with Crippen molar-refractivity contribution >= 4 is 0 Å². The SMILES string of the molecule is CCN(CC)C(CC)(CC)C(Cc1cccc(F)c1)NC. The number of benzene rings is 1. The summed E-state index contributed by atoms with van der Waals surface area (Å²) in [6, 6.07) is 7.30. The number of likely N-dealkylation sites (N-methyl/N-ethyl adjacent to an activating group) is 2. The molecule has 0 aliphatic carbocycles. The quantitative estimate of drug-likeness (QED) is 0.744. The number of rotatable bonds is 9. The maximum atomic E-state index is 13.4. The lowest BCUT2D eigenvalue weighted by atomic mass is 9.79. The summed E-state index contributed by atoms with van der Waals surface area (Å²) in [6.07, 6.45) is 3.03. The Bertz CT molecular complexity index is 411. The molecule has 2 nitrogen and oxygen atoms in total. The van der Waals surface area contributed by atoms with E-state index >= 15 is 0 Å². The Kier molecular flexibility index (Phi) is 7.33. The zero-order valence-corrected chi connectivity index (χ0v) is 14.2. The van der Waals surface area contributed by atoms with Gasteiger partial charge in [0.25, 0.3) is 0 Å². The molecule has 0 bridgehead atoms. The zero-order chi connectivity index (χ0) is 15.9. The summed E-state index contributed by atoms with van der Waals surface area (Å²) in [4.78, 5) is 2.55. The lowest BCUT2D eigenvalue weighted by Crippen LogP contribution is -2.61. The smallest absolute Gasteiger partial charge is 0.123 e. The minimum absolute atomic E-state index is 0.116. The molecule has 3 heteroatoms. The Morgan fingerprint density at radius 2 is 1.76 bits per heavy atom. The molecule has 0 aliphatic rings. The molecule has 1 rings (SSSR count). The van der Waals surface area contributed by atoms with Crippen molar-refractivity contribution in [3.63, 3.8) is 0 Å². The average molecular weight is 294 g/mol. The van der Waals surface area contributed by atoms with Crippen LogP contribution >= 0.6 is 0 Å². The van der Waals surface area contributed by atoms with Gasteiger partial charge in [-0.3, -0.25) is 4.90 Å². The summed E-state index contributed by atoms with van der Waals surface area (Å²) in [5.74, 6) is -0.149. The van der Waals surface area contributed by atoms with Gasteiger partial charge in [-0.2, -0.15) is 0 Å². The van der Waals surface area contributed by atoms with E-state index in [1.807, 2.05) is 13.1 Å². The Morgan fingerprint density at radius 3 is 2.19 bits per heavy atom. The van der Waals surface area contributed by atoms with E-state index in [-0.39, 0.29) is 11.4 Å². The van der Waals surface area contributed by atoms with Crippen molar-refractivity contribution in [1.29, 1.82) is 0 Å². The monoisotopic (exact) mass is 294 g/mol. The van der Waals surface area contributed by atoms with E-state index in [2.05, 4.69) is 37.9 Å². The fourth-order valence-corrected chi connectivity index (χ4v) is 3.72. The number of nitrogens with zero attached hydrogens (tertiary/aromatic N) is 1. The number of hydrogen-bond acceptors (Lipinski definition) is 2. The highest BCUT2D eigenvalue weighted by atomic mass is 19.1. The number of halogens is 1. The van der Waals surface area contributed by atoms with Crippen molar-refractivity contribution in [2.75, 3.05) is 20.1 Å². The number of nitrogens with one attached hydrogen (secondary N) is 1. The molecule has 1 N–H and O–H groups in total. The first-order valence-corrected chi connectivity index (χ1v) is 8.24. The lowest BCUT2D eigenvalue weighted by molar-refractivity contribution is 0.0519. The van der Waals surface area contributed by atoms with Crippen LogP contribution in [0, 0.1) is 5.82 Å². The summed E-state index contributed by atoms with van der Waals surface area (Å²) >= 11 is 0. The molecule has 1 atom stereocenters. The van der Waals surface area contributed by atoms with E-state index in [0.29, 0.717) is 6.04 Å². The van der Waals surface area contributed by atoms with Gasteiger partial charge in [-0.25, -0.2) is 4.39 Å². The van der Waals surface area contributed by atoms with Crippen LogP contribution in [0.4, 0.5) is 4.39 Å². The van der Waals surface area contributed by atoms with Crippen molar-refractivity contribution in [2.24, 2.45) is 0 Å². The van der Waals surface area contributed by atoms with E-state index in [4.69, 9.17) is 0 Å². The second-order valence-corrected chi connectivity index (χ2v) is 5.66. The summed E-state index contributed by atoms with van der Waals surface area (Å²) < 4.78 is 13.4. The second kappa shape index (κ2) is 8.50. The van der Waals surface area contributed by atoms with Gasteiger partial charge in [-0.05, 0) is 57.1 Å². The van der Waals surface area contributed by atoms with E-state index in [1.54, 1.807) is 12.1 Å². The molecule has 0 aliphatic heterocycles. The topological polar surface area (TPSA) is 15.3 Å². The standard InChI is InChI=1S/C18H31FN2/c1-6-18(7-2,21(8-3)9-4)17(20-5)14-15-11-10-12-16(19)13-15/h10-13,17,20H,6-9,14H2,1-5H3. The Balaban J connectivity index is 3.07. The van der Waals surface area contributed by atoms with E-state index in [0.717, 1.165) is 37.9 Å². The summed E-state index contributed by atoms with van der Waals surface area (Å²) in [5.41, 5.74) is 1.18. The zero-order valence-electron chi connectivity index (χ0n) is 14.2. The van der Waals surface area contributed by atoms with Crippen LogP contribution in [0.3, 0.4) is 0 Å². The third-order valence-electron chi connectivity index (χ3n) is 4.94. The Hall–Kier alpha value is -0.930. The molecule has 0 heterocycles. The highest BCUT2D eigenvalue weighted by Gasteiger charge is 2.38. The van der Waals surface area contributed by atoms with Crippen LogP contribution in [-0.2, 0) is 6.42 Å². The summed E-state index contributed by atoms with van der Waals surface area (Å²) in [5, 5.41) is 3.50. The van der Waals surface area contributed by atoms with Crippen molar-refractivity contribution in [3.8, 4) is 0 Å². The summed E-state index contributed by atoms with van der Waals surface area (Å²) in [7, 11) is 2.02. The molecule has 1 aromatic rings. The van der Waals surface area contributed by atoms with Gasteiger partial charge < -0.3 is 5.32 Å². The van der Waals surface area contributed by atoms with Crippen LogP contribution in [0.15, 0.2) is 24.3 Å². The summed E-state index contributed by atoms with van der Waals surface area (Å²) in [6.45, 7) is 11.0. The normalized spacial score (nSPS) is 13.7. The second-order valence-electron chi connectivity index (χ2n) is 5.66. The van der Waals surface area contributed by atoms with Gasteiger partial charge in [0.1, 0.15) is 5.82 Å². The fourth-order valence-electron chi connectivity index (χ4n) is 3.72. The van der Waals surface area contributed by atoms with Crippen LogP contribution in [-0.4, -0.2) is 36.6 Å². The molecular formula is C18H31FN2. The highest BCUT2D eigenvalue weighted by Crippen LogP contribution is 2.30. The van der Waals surface area contributed by atoms with Crippen molar-refractivity contribution in [3.05, 3.63) is 35.6 Å². The van der Waals surface area contributed by atoms with Gasteiger partial charge in [0.15, 0.2) is 0 Å². The van der Waals surface area contributed by atoms with Crippen LogP contribution in [0.2, 0.25) is 0 Å². The third-order valence-corrected chi connectivity index (χ3v) is 4.94. The third kappa shape index (κ3) is 4.04. The van der Waals surface area contributed by atoms with E-state index < -0.39 is 0 Å². The first-order chi connectivity index (χ1) is 10.1. The molecule has 0 spiro atoms. The molecular weight excluding hydrogens is 263 g/mol. The first kappa shape index (κ1) is 18.1.